The average Bonchev–Trinajstić information content (AvgIpc) is 2.42. The van der Waals surface area contributed by atoms with Crippen molar-refractivity contribution < 1.29 is 4.74 Å². The zero-order chi connectivity index (χ0) is 13.9. The van der Waals surface area contributed by atoms with E-state index >= 15 is 0 Å². The van der Waals surface area contributed by atoms with Crippen LogP contribution in [0.25, 0.3) is 0 Å². The molecule has 0 atom stereocenters. The highest BCUT2D eigenvalue weighted by atomic mass is 16.5. The third-order valence-electron chi connectivity index (χ3n) is 3.95. The molecule has 1 saturated carbocycles. The second kappa shape index (κ2) is 5.53. The van der Waals surface area contributed by atoms with Gasteiger partial charge in [-0.15, -0.1) is 0 Å². The van der Waals surface area contributed by atoms with E-state index in [-0.39, 0.29) is 0 Å². The van der Waals surface area contributed by atoms with Crippen molar-refractivity contribution in [2.45, 2.75) is 31.7 Å². The van der Waals surface area contributed by atoms with Crippen LogP contribution in [0, 0.1) is 6.92 Å². The van der Waals surface area contributed by atoms with Gasteiger partial charge < -0.3 is 10.1 Å². The maximum atomic E-state index is 5.29. The van der Waals surface area contributed by atoms with Crippen molar-refractivity contribution >= 4 is 5.69 Å². The van der Waals surface area contributed by atoms with E-state index in [0.29, 0.717) is 12.0 Å². The first-order chi connectivity index (χ1) is 9.74. The molecule has 1 heterocycles. The van der Waals surface area contributed by atoms with Gasteiger partial charge in [-0.25, -0.2) is 0 Å². The molecule has 0 amide bonds. The lowest BCUT2D eigenvalue weighted by Gasteiger charge is -2.37. The van der Waals surface area contributed by atoms with Crippen molar-refractivity contribution in [2.75, 3.05) is 12.4 Å². The monoisotopic (exact) mass is 268 g/mol. The molecule has 2 aromatic rings. The lowest BCUT2D eigenvalue weighted by Crippen LogP contribution is -2.34. The van der Waals surface area contributed by atoms with Crippen LogP contribution in [0.1, 0.15) is 29.9 Å². The van der Waals surface area contributed by atoms with Crippen molar-refractivity contribution in [3.63, 3.8) is 0 Å². The Kier molecular flexibility index (Phi) is 3.59. The third-order valence-corrected chi connectivity index (χ3v) is 3.95. The fourth-order valence-corrected chi connectivity index (χ4v) is 2.77. The number of benzene rings is 1. The van der Waals surface area contributed by atoms with E-state index in [9.17, 15) is 0 Å². The number of hydrogen-bond acceptors (Lipinski definition) is 3. The Bertz CT molecular complexity index is 591. The highest BCUT2D eigenvalue weighted by Crippen LogP contribution is 2.39. The number of nitrogens with one attached hydrogen (secondary N) is 1. The van der Waals surface area contributed by atoms with E-state index in [4.69, 9.17) is 4.74 Å². The van der Waals surface area contributed by atoms with E-state index in [0.717, 1.165) is 11.4 Å². The zero-order valence-corrected chi connectivity index (χ0v) is 12.0. The van der Waals surface area contributed by atoms with Crippen LogP contribution in [0.5, 0.6) is 5.75 Å². The molecule has 1 aromatic heterocycles. The third kappa shape index (κ3) is 2.77. The number of aryl methyl sites for hydroxylation is 1. The molecule has 1 aliphatic carbocycles. The summed E-state index contributed by atoms with van der Waals surface area (Å²) >= 11 is 0. The van der Waals surface area contributed by atoms with Gasteiger partial charge in [-0.3, -0.25) is 4.98 Å². The van der Waals surface area contributed by atoms with Gasteiger partial charge in [0.25, 0.3) is 0 Å². The van der Waals surface area contributed by atoms with Crippen LogP contribution in [0.4, 0.5) is 5.69 Å². The van der Waals surface area contributed by atoms with Crippen LogP contribution in [0.15, 0.2) is 42.7 Å². The van der Waals surface area contributed by atoms with Crippen molar-refractivity contribution in [1.29, 1.82) is 0 Å². The molecule has 0 unspecified atom stereocenters. The summed E-state index contributed by atoms with van der Waals surface area (Å²) in [6.45, 7) is 2.07. The van der Waals surface area contributed by atoms with Crippen LogP contribution in [0.2, 0.25) is 0 Å². The minimum atomic E-state index is 0.551. The highest BCUT2D eigenvalue weighted by Gasteiger charge is 2.30. The minimum absolute atomic E-state index is 0.551. The van der Waals surface area contributed by atoms with Gasteiger partial charge in [0.2, 0.25) is 0 Å². The second-order valence-corrected chi connectivity index (χ2v) is 5.54. The Hall–Kier alpha value is -2.03. The molecule has 0 aliphatic heterocycles. The van der Waals surface area contributed by atoms with Crippen molar-refractivity contribution in [2.24, 2.45) is 0 Å². The molecule has 0 spiro atoms. The number of rotatable bonds is 4. The maximum Gasteiger partial charge on any atom is 0.119 e. The topological polar surface area (TPSA) is 34.1 Å². The van der Waals surface area contributed by atoms with E-state index < -0.39 is 0 Å². The Labute approximate surface area is 120 Å². The summed E-state index contributed by atoms with van der Waals surface area (Å²) in [5.74, 6) is 1.59. The summed E-state index contributed by atoms with van der Waals surface area (Å²) in [6, 6.07) is 11.1. The van der Waals surface area contributed by atoms with Gasteiger partial charge in [0.05, 0.1) is 12.8 Å². The van der Waals surface area contributed by atoms with Crippen LogP contribution >= 0.6 is 0 Å². The summed E-state index contributed by atoms with van der Waals surface area (Å²) < 4.78 is 5.29. The number of pyridine rings is 1. The number of aromatic nitrogens is 1. The molecule has 104 valence electrons. The van der Waals surface area contributed by atoms with Crippen molar-refractivity contribution in [1.82, 2.24) is 4.98 Å². The van der Waals surface area contributed by atoms with Gasteiger partial charge in [0.1, 0.15) is 5.75 Å². The van der Waals surface area contributed by atoms with E-state index in [2.05, 4.69) is 41.5 Å². The summed E-state index contributed by atoms with van der Waals surface area (Å²) in [5.41, 5.74) is 3.70. The average molecular weight is 268 g/mol. The van der Waals surface area contributed by atoms with Crippen molar-refractivity contribution in [3.8, 4) is 5.75 Å². The normalized spacial score (nSPS) is 21.1. The SMILES string of the molecule is COc1cccc(C2CC(Nc3cncc(C)c3)C2)c1. The molecular weight excluding hydrogens is 248 g/mol. The van der Waals surface area contributed by atoms with E-state index in [1.54, 1.807) is 7.11 Å². The molecule has 1 N–H and O–H groups in total. The summed E-state index contributed by atoms with van der Waals surface area (Å²) in [5, 5.41) is 3.55. The Morgan fingerprint density at radius 1 is 1.20 bits per heavy atom. The first kappa shape index (κ1) is 13.0. The fraction of sp³-hybridized carbons (Fsp3) is 0.353. The van der Waals surface area contributed by atoms with Gasteiger partial charge in [0, 0.05) is 18.4 Å². The molecule has 3 rings (SSSR count). The number of anilines is 1. The number of ether oxygens (including phenoxy) is 1. The van der Waals surface area contributed by atoms with E-state index in [1.165, 1.54) is 24.0 Å². The van der Waals surface area contributed by atoms with Crippen molar-refractivity contribution in [3.05, 3.63) is 53.9 Å². The Balaban J connectivity index is 1.58. The molecule has 0 bridgehead atoms. The quantitative estimate of drug-likeness (QED) is 0.916. The molecule has 1 aliphatic rings. The summed E-state index contributed by atoms with van der Waals surface area (Å²) in [6.07, 6.45) is 6.11. The molecule has 1 aromatic carbocycles. The molecule has 0 radical (unpaired) electrons. The van der Waals surface area contributed by atoms with Gasteiger partial charge in [-0.1, -0.05) is 12.1 Å². The standard InChI is InChI=1S/C17H20N2O/c1-12-6-16(11-18-10-12)19-15-7-14(8-15)13-4-3-5-17(9-13)20-2/h3-6,9-11,14-15,19H,7-8H2,1-2H3. The highest BCUT2D eigenvalue weighted by molar-refractivity contribution is 5.44. The molecule has 20 heavy (non-hydrogen) atoms. The van der Waals surface area contributed by atoms with Crippen LogP contribution in [0.3, 0.4) is 0 Å². The predicted molar refractivity (Wildman–Crippen MR) is 81.4 cm³/mol. The Morgan fingerprint density at radius 3 is 2.80 bits per heavy atom. The summed E-state index contributed by atoms with van der Waals surface area (Å²) in [7, 11) is 1.72. The largest absolute Gasteiger partial charge is 0.497 e. The number of nitrogens with zero attached hydrogens (tertiary/aromatic N) is 1. The second-order valence-electron chi connectivity index (χ2n) is 5.54. The van der Waals surface area contributed by atoms with E-state index in [1.807, 2.05) is 18.5 Å². The maximum absolute atomic E-state index is 5.29. The minimum Gasteiger partial charge on any atom is -0.497 e. The van der Waals surface area contributed by atoms with Gasteiger partial charge in [-0.05, 0) is 55.0 Å². The lowest BCUT2D eigenvalue weighted by molar-refractivity contribution is 0.370. The lowest BCUT2D eigenvalue weighted by atomic mass is 9.76. The summed E-state index contributed by atoms with van der Waals surface area (Å²) in [4.78, 5) is 4.22. The molecule has 3 heteroatoms. The molecular formula is C17H20N2O. The zero-order valence-electron chi connectivity index (χ0n) is 12.0. The Morgan fingerprint density at radius 2 is 2.05 bits per heavy atom. The van der Waals surface area contributed by atoms with Crippen LogP contribution in [-0.2, 0) is 0 Å². The smallest absolute Gasteiger partial charge is 0.119 e. The fourth-order valence-electron chi connectivity index (χ4n) is 2.77. The number of methoxy groups -OCH3 is 1. The number of hydrogen-bond donors (Lipinski definition) is 1. The molecule has 0 saturated heterocycles. The van der Waals surface area contributed by atoms with Gasteiger partial charge in [0.15, 0.2) is 0 Å². The van der Waals surface area contributed by atoms with Crippen LogP contribution in [-0.4, -0.2) is 18.1 Å². The molecule has 3 nitrogen and oxygen atoms in total. The predicted octanol–water partition coefficient (Wildman–Crippen LogP) is 3.76. The van der Waals surface area contributed by atoms with Crippen LogP contribution < -0.4 is 10.1 Å². The molecule has 1 fully saturated rings. The van der Waals surface area contributed by atoms with Gasteiger partial charge >= 0.3 is 0 Å². The van der Waals surface area contributed by atoms with Gasteiger partial charge in [-0.2, -0.15) is 0 Å². The first-order valence-corrected chi connectivity index (χ1v) is 7.07. The first-order valence-electron chi connectivity index (χ1n) is 7.07.